The van der Waals surface area contributed by atoms with Crippen molar-refractivity contribution in [3.63, 3.8) is 0 Å². The second kappa shape index (κ2) is 5.25. The molecule has 1 aliphatic heterocycles. The van der Waals surface area contributed by atoms with Crippen molar-refractivity contribution >= 4 is 16.9 Å². The summed E-state index contributed by atoms with van der Waals surface area (Å²) >= 11 is 0. The molecular formula is C15H19N3O2. The molecule has 5 heteroatoms. The maximum Gasteiger partial charge on any atom is 0.220 e. The van der Waals surface area contributed by atoms with Crippen LogP contribution in [0.1, 0.15) is 19.2 Å². The van der Waals surface area contributed by atoms with E-state index in [1.807, 2.05) is 24.3 Å². The molecule has 0 saturated carbocycles. The molecule has 1 amide bonds. The van der Waals surface area contributed by atoms with E-state index in [0.29, 0.717) is 19.4 Å². The fourth-order valence-electron chi connectivity index (χ4n) is 2.31. The second-order valence-electron chi connectivity index (χ2n) is 5.78. The third-order valence-electron chi connectivity index (χ3n) is 3.64. The third-order valence-corrected chi connectivity index (χ3v) is 3.64. The Balaban J connectivity index is 1.49. The molecule has 2 aromatic rings. The number of aromatic nitrogens is 2. The third kappa shape index (κ3) is 2.82. The Morgan fingerprint density at radius 2 is 2.25 bits per heavy atom. The van der Waals surface area contributed by atoms with Crippen molar-refractivity contribution in [3.05, 3.63) is 30.1 Å². The molecule has 3 rings (SSSR count). The fraction of sp³-hybridized carbons (Fsp3) is 0.467. The number of hydrogen-bond donors (Lipinski definition) is 2. The van der Waals surface area contributed by atoms with E-state index in [1.54, 1.807) is 0 Å². The molecule has 1 aliphatic rings. The first-order chi connectivity index (χ1) is 9.65. The summed E-state index contributed by atoms with van der Waals surface area (Å²) in [6, 6.07) is 7.88. The highest BCUT2D eigenvalue weighted by Gasteiger charge is 2.33. The molecule has 0 unspecified atom stereocenters. The Morgan fingerprint density at radius 3 is 2.95 bits per heavy atom. The number of amides is 1. The maximum absolute atomic E-state index is 11.8. The number of hydrogen-bond acceptors (Lipinski definition) is 3. The molecule has 1 saturated heterocycles. The lowest BCUT2D eigenvalue weighted by atomic mass is 9.89. The number of ether oxygens (including phenoxy) is 1. The number of rotatable bonds is 5. The molecule has 106 valence electrons. The van der Waals surface area contributed by atoms with Gasteiger partial charge in [0.15, 0.2) is 0 Å². The van der Waals surface area contributed by atoms with E-state index in [2.05, 4.69) is 22.2 Å². The van der Waals surface area contributed by atoms with Gasteiger partial charge in [0.05, 0.1) is 24.2 Å². The first-order valence-corrected chi connectivity index (χ1v) is 6.93. The van der Waals surface area contributed by atoms with E-state index in [1.165, 1.54) is 0 Å². The smallest absolute Gasteiger partial charge is 0.220 e. The topological polar surface area (TPSA) is 67.0 Å². The van der Waals surface area contributed by atoms with Gasteiger partial charge in [-0.05, 0) is 12.1 Å². The Hall–Kier alpha value is -1.88. The minimum absolute atomic E-state index is 0.0681. The first-order valence-electron chi connectivity index (χ1n) is 6.93. The van der Waals surface area contributed by atoms with Gasteiger partial charge in [-0.2, -0.15) is 0 Å². The van der Waals surface area contributed by atoms with Gasteiger partial charge in [0.25, 0.3) is 0 Å². The lowest BCUT2D eigenvalue weighted by Gasteiger charge is -2.38. The van der Waals surface area contributed by atoms with Crippen LogP contribution in [0.3, 0.4) is 0 Å². The van der Waals surface area contributed by atoms with Crippen molar-refractivity contribution in [1.29, 1.82) is 0 Å². The Labute approximate surface area is 117 Å². The summed E-state index contributed by atoms with van der Waals surface area (Å²) in [6.07, 6.45) is 1.09. The van der Waals surface area contributed by atoms with Crippen LogP contribution in [0.4, 0.5) is 0 Å². The molecule has 0 radical (unpaired) electrons. The Morgan fingerprint density at radius 1 is 1.45 bits per heavy atom. The quantitative estimate of drug-likeness (QED) is 0.870. The lowest BCUT2D eigenvalue weighted by molar-refractivity contribution is -0.126. The zero-order chi connectivity index (χ0) is 14.0. The van der Waals surface area contributed by atoms with Crippen molar-refractivity contribution in [2.75, 3.05) is 19.8 Å². The van der Waals surface area contributed by atoms with Gasteiger partial charge in [-0.1, -0.05) is 19.1 Å². The van der Waals surface area contributed by atoms with Crippen molar-refractivity contribution in [3.8, 4) is 0 Å². The van der Waals surface area contributed by atoms with E-state index < -0.39 is 0 Å². The van der Waals surface area contributed by atoms with Gasteiger partial charge < -0.3 is 15.0 Å². The molecule has 1 aromatic carbocycles. The van der Waals surface area contributed by atoms with Gasteiger partial charge in [-0.3, -0.25) is 4.79 Å². The number of para-hydroxylation sites is 2. The van der Waals surface area contributed by atoms with Crippen molar-refractivity contribution in [2.24, 2.45) is 5.41 Å². The fourth-order valence-corrected chi connectivity index (χ4v) is 2.31. The number of imidazole rings is 1. The van der Waals surface area contributed by atoms with Gasteiger partial charge >= 0.3 is 0 Å². The van der Waals surface area contributed by atoms with E-state index in [0.717, 1.165) is 30.1 Å². The molecule has 5 nitrogen and oxygen atoms in total. The van der Waals surface area contributed by atoms with E-state index in [9.17, 15) is 4.79 Å². The molecular weight excluding hydrogens is 254 g/mol. The number of carbonyl (C=O) groups excluding carboxylic acids is 1. The van der Waals surface area contributed by atoms with E-state index in [-0.39, 0.29) is 11.3 Å². The predicted octanol–water partition coefficient (Wildman–Crippen LogP) is 1.65. The predicted molar refractivity (Wildman–Crippen MR) is 76.4 cm³/mol. The standard InChI is InChI=1S/C15H19N3O2/c1-15(9-20-10-15)8-16-14(19)7-6-13-17-11-4-2-3-5-12(11)18-13/h2-5H,6-10H2,1H3,(H,16,19)(H,17,18). The van der Waals surface area contributed by atoms with Crippen molar-refractivity contribution < 1.29 is 9.53 Å². The highest BCUT2D eigenvalue weighted by Crippen LogP contribution is 2.25. The molecule has 0 aliphatic carbocycles. The molecule has 20 heavy (non-hydrogen) atoms. The number of benzene rings is 1. The largest absolute Gasteiger partial charge is 0.380 e. The van der Waals surface area contributed by atoms with Crippen LogP contribution in [-0.4, -0.2) is 35.6 Å². The molecule has 0 spiro atoms. The molecule has 2 N–H and O–H groups in total. The average Bonchev–Trinajstić information content (AvgIpc) is 2.83. The number of fused-ring (bicyclic) bond motifs is 1. The number of aryl methyl sites for hydroxylation is 1. The van der Waals surface area contributed by atoms with Crippen LogP contribution in [0.25, 0.3) is 11.0 Å². The second-order valence-corrected chi connectivity index (χ2v) is 5.78. The molecule has 0 bridgehead atoms. The Kier molecular flexibility index (Phi) is 3.44. The summed E-state index contributed by atoms with van der Waals surface area (Å²) < 4.78 is 5.17. The van der Waals surface area contributed by atoms with Gasteiger partial charge in [-0.25, -0.2) is 4.98 Å². The number of aromatic amines is 1. The van der Waals surface area contributed by atoms with Crippen LogP contribution in [0, 0.1) is 5.41 Å². The summed E-state index contributed by atoms with van der Waals surface area (Å²) in [6.45, 7) is 4.27. The van der Waals surface area contributed by atoms with Crippen LogP contribution < -0.4 is 5.32 Å². The summed E-state index contributed by atoms with van der Waals surface area (Å²) in [7, 11) is 0. The average molecular weight is 273 g/mol. The maximum atomic E-state index is 11.8. The van der Waals surface area contributed by atoms with Crippen LogP contribution in [-0.2, 0) is 16.0 Å². The van der Waals surface area contributed by atoms with Gasteiger partial charge in [-0.15, -0.1) is 0 Å². The Bertz CT molecular complexity index is 583. The summed E-state index contributed by atoms with van der Waals surface area (Å²) in [4.78, 5) is 19.5. The molecule has 2 heterocycles. The van der Waals surface area contributed by atoms with Crippen LogP contribution >= 0.6 is 0 Å². The monoisotopic (exact) mass is 273 g/mol. The summed E-state index contributed by atoms with van der Waals surface area (Å²) in [5, 5.41) is 2.97. The van der Waals surface area contributed by atoms with E-state index in [4.69, 9.17) is 4.74 Å². The van der Waals surface area contributed by atoms with Gasteiger partial charge in [0, 0.05) is 24.8 Å². The zero-order valence-corrected chi connectivity index (χ0v) is 11.6. The van der Waals surface area contributed by atoms with Crippen LogP contribution in [0.5, 0.6) is 0 Å². The SMILES string of the molecule is CC1(CNC(=O)CCc2nc3ccccc3[nH]2)COC1. The van der Waals surface area contributed by atoms with Crippen LogP contribution in [0.2, 0.25) is 0 Å². The van der Waals surface area contributed by atoms with Crippen molar-refractivity contribution in [1.82, 2.24) is 15.3 Å². The lowest BCUT2D eigenvalue weighted by Crippen LogP contribution is -2.48. The summed E-state index contributed by atoms with van der Waals surface area (Å²) in [5.41, 5.74) is 2.08. The summed E-state index contributed by atoms with van der Waals surface area (Å²) in [5.74, 6) is 0.929. The molecule has 1 aromatic heterocycles. The minimum atomic E-state index is 0.0681. The zero-order valence-electron chi connectivity index (χ0n) is 11.6. The number of nitrogens with one attached hydrogen (secondary N) is 2. The van der Waals surface area contributed by atoms with Crippen LogP contribution in [0.15, 0.2) is 24.3 Å². The minimum Gasteiger partial charge on any atom is -0.380 e. The highest BCUT2D eigenvalue weighted by atomic mass is 16.5. The van der Waals surface area contributed by atoms with Gasteiger partial charge in [0.2, 0.25) is 5.91 Å². The first kappa shape index (κ1) is 13.1. The van der Waals surface area contributed by atoms with Gasteiger partial charge in [0.1, 0.15) is 5.82 Å². The molecule has 0 atom stereocenters. The van der Waals surface area contributed by atoms with Crippen molar-refractivity contribution in [2.45, 2.75) is 19.8 Å². The number of carbonyl (C=O) groups is 1. The van der Waals surface area contributed by atoms with E-state index >= 15 is 0 Å². The molecule has 1 fully saturated rings. The highest BCUT2D eigenvalue weighted by molar-refractivity contribution is 5.77. The normalized spacial score (nSPS) is 16.9. The number of H-pyrrole nitrogens is 1. The number of nitrogens with zero attached hydrogens (tertiary/aromatic N) is 1.